The van der Waals surface area contributed by atoms with E-state index in [2.05, 4.69) is 15.0 Å². The first-order valence-corrected chi connectivity index (χ1v) is 5.79. The molecule has 1 rings (SSSR count). The van der Waals surface area contributed by atoms with Crippen LogP contribution in [0.15, 0.2) is 10.9 Å². The molecule has 0 saturated heterocycles. The van der Waals surface area contributed by atoms with Crippen molar-refractivity contribution >= 4 is 5.91 Å². The van der Waals surface area contributed by atoms with E-state index in [-0.39, 0.29) is 12.1 Å². The molecule has 1 aromatic rings. The SMILES string of the molecule is Cc1cc(C)c(CNC(=O)COCC(F)(F)F)c(=O)[nH]1. The Balaban J connectivity index is 2.48. The number of aromatic amines is 1. The molecule has 5 nitrogen and oxygen atoms in total. The number of hydrogen-bond acceptors (Lipinski definition) is 3. The van der Waals surface area contributed by atoms with Crippen LogP contribution < -0.4 is 10.9 Å². The molecule has 0 fully saturated rings. The summed E-state index contributed by atoms with van der Waals surface area (Å²) >= 11 is 0. The molecule has 1 aromatic heterocycles. The lowest BCUT2D eigenvalue weighted by molar-refractivity contribution is -0.175. The molecule has 0 saturated carbocycles. The summed E-state index contributed by atoms with van der Waals surface area (Å²) in [6.07, 6.45) is -4.47. The molecular formula is C12H15F3N2O3. The molecule has 1 amide bonds. The van der Waals surface area contributed by atoms with Crippen molar-refractivity contribution in [1.82, 2.24) is 10.3 Å². The number of halogens is 3. The molecule has 8 heteroatoms. The molecule has 112 valence electrons. The van der Waals surface area contributed by atoms with Gasteiger partial charge in [-0.05, 0) is 25.5 Å². The van der Waals surface area contributed by atoms with Crippen molar-refractivity contribution in [3.8, 4) is 0 Å². The van der Waals surface area contributed by atoms with Crippen molar-refractivity contribution in [1.29, 1.82) is 0 Å². The predicted molar refractivity (Wildman–Crippen MR) is 65.3 cm³/mol. The van der Waals surface area contributed by atoms with Crippen LogP contribution in [0.25, 0.3) is 0 Å². The maximum Gasteiger partial charge on any atom is 0.411 e. The van der Waals surface area contributed by atoms with Crippen molar-refractivity contribution in [2.75, 3.05) is 13.2 Å². The summed E-state index contributed by atoms with van der Waals surface area (Å²) in [5, 5.41) is 2.34. The fourth-order valence-corrected chi connectivity index (χ4v) is 1.60. The first kappa shape index (κ1) is 16.2. The number of ether oxygens (including phenoxy) is 1. The van der Waals surface area contributed by atoms with Gasteiger partial charge in [0.05, 0.1) is 0 Å². The van der Waals surface area contributed by atoms with Gasteiger partial charge in [0.2, 0.25) is 5.91 Å². The van der Waals surface area contributed by atoms with Gasteiger partial charge in [0.15, 0.2) is 0 Å². The smallest absolute Gasteiger partial charge is 0.362 e. The fraction of sp³-hybridized carbons (Fsp3) is 0.500. The van der Waals surface area contributed by atoms with Crippen LogP contribution in [-0.2, 0) is 16.1 Å². The minimum Gasteiger partial charge on any atom is -0.362 e. The normalized spacial score (nSPS) is 11.4. The summed E-state index contributed by atoms with van der Waals surface area (Å²) in [7, 11) is 0. The van der Waals surface area contributed by atoms with Crippen molar-refractivity contribution in [3.05, 3.63) is 33.2 Å². The van der Waals surface area contributed by atoms with E-state index in [1.165, 1.54) is 0 Å². The average molecular weight is 292 g/mol. The van der Waals surface area contributed by atoms with E-state index in [1.54, 1.807) is 19.9 Å². The summed E-state index contributed by atoms with van der Waals surface area (Å²) in [4.78, 5) is 25.5. The second-order valence-corrected chi connectivity index (χ2v) is 4.33. The highest BCUT2D eigenvalue weighted by Gasteiger charge is 2.27. The van der Waals surface area contributed by atoms with Crippen LogP contribution in [0.4, 0.5) is 13.2 Å². The van der Waals surface area contributed by atoms with E-state index in [0.29, 0.717) is 16.8 Å². The molecule has 0 aliphatic heterocycles. The van der Waals surface area contributed by atoms with Gasteiger partial charge in [-0.2, -0.15) is 13.2 Å². The first-order chi connectivity index (χ1) is 9.19. The third-order valence-electron chi connectivity index (χ3n) is 2.46. The van der Waals surface area contributed by atoms with Gasteiger partial charge in [-0.15, -0.1) is 0 Å². The summed E-state index contributed by atoms with van der Waals surface area (Å²) in [6, 6.07) is 1.74. The number of aromatic nitrogens is 1. The lowest BCUT2D eigenvalue weighted by atomic mass is 10.1. The molecular weight excluding hydrogens is 277 g/mol. The molecule has 0 aliphatic carbocycles. The molecule has 0 radical (unpaired) electrons. The zero-order valence-corrected chi connectivity index (χ0v) is 11.1. The maximum absolute atomic E-state index is 11.8. The van der Waals surface area contributed by atoms with Crippen LogP contribution in [-0.4, -0.2) is 30.3 Å². The van der Waals surface area contributed by atoms with E-state index in [9.17, 15) is 22.8 Å². The first-order valence-electron chi connectivity index (χ1n) is 5.79. The van der Waals surface area contributed by atoms with Gasteiger partial charge in [0.25, 0.3) is 5.56 Å². The molecule has 0 bridgehead atoms. The number of alkyl halides is 3. The van der Waals surface area contributed by atoms with Gasteiger partial charge in [-0.1, -0.05) is 0 Å². The fourth-order valence-electron chi connectivity index (χ4n) is 1.60. The zero-order valence-electron chi connectivity index (χ0n) is 11.1. The number of carbonyl (C=O) groups excluding carboxylic acids is 1. The van der Waals surface area contributed by atoms with E-state index < -0.39 is 25.3 Å². The Morgan fingerprint density at radius 2 is 2.05 bits per heavy atom. The molecule has 2 N–H and O–H groups in total. The summed E-state index contributed by atoms with van der Waals surface area (Å²) in [5.74, 6) is -0.714. The van der Waals surface area contributed by atoms with E-state index >= 15 is 0 Å². The van der Waals surface area contributed by atoms with Gasteiger partial charge in [-0.25, -0.2) is 0 Å². The van der Waals surface area contributed by atoms with Crippen LogP contribution in [0.2, 0.25) is 0 Å². The Morgan fingerprint density at radius 1 is 1.40 bits per heavy atom. The number of pyridine rings is 1. The van der Waals surface area contributed by atoms with E-state index in [0.717, 1.165) is 0 Å². The number of carbonyl (C=O) groups is 1. The molecule has 0 unspecified atom stereocenters. The molecule has 20 heavy (non-hydrogen) atoms. The summed E-state index contributed by atoms with van der Waals surface area (Å²) in [5.41, 5.74) is 1.41. The standard InChI is InChI=1S/C12H15F3N2O3/c1-7-3-8(2)17-11(19)9(7)4-16-10(18)5-20-6-12(13,14)15/h3H,4-6H2,1-2H3,(H,16,18)(H,17,19). The van der Waals surface area contributed by atoms with Crippen LogP contribution in [0.5, 0.6) is 0 Å². The Labute approximate surface area is 113 Å². The Hall–Kier alpha value is -1.83. The number of H-pyrrole nitrogens is 1. The van der Waals surface area contributed by atoms with Crippen molar-refractivity contribution < 1.29 is 22.7 Å². The highest BCUT2D eigenvalue weighted by molar-refractivity contribution is 5.77. The predicted octanol–water partition coefficient (Wildman–Crippen LogP) is 1.19. The maximum atomic E-state index is 11.8. The summed E-state index contributed by atoms with van der Waals surface area (Å²) < 4.78 is 39.6. The lowest BCUT2D eigenvalue weighted by Crippen LogP contribution is -2.32. The van der Waals surface area contributed by atoms with Crippen molar-refractivity contribution in [3.63, 3.8) is 0 Å². The van der Waals surface area contributed by atoms with Gasteiger partial charge < -0.3 is 15.0 Å². The van der Waals surface area contributed by atoms with Gasteiger partial charge in [0, 0.05) is 17.8 Å². The number of aryl methyl sites for hydroxylation is 2. The highest BCUT2D eigenvalue weighted by atomic mass is 19.4. The minimum absolute atomic E-state index is 0.0599. The Morgan fingerprint density at radius 3 is 2.60 bits per heavy atom. The van der Waals surface area contributed by atoms with Gasteiger partial charge in [0.1, 0.15) is 13.2 Å². The molecule has 0 aliphatic rings. The van der Waals surface area contributed by atoms with E-state index in [1.807, 2.05) is 0 Å². The largest absolute Gasteiger partial charge is 0.411 e. The molecule has 1 heterocycles. The molecule has 0 aromatic carbocycles. The third-order valence-corrected chi connectivity index (χ3v) is 2.46. The van der Waals surface area contributed by atoms with Crippen LogP contribution >= 0.6 is 0 Å². The molecule has 0 atom stereocenters. The zero-order chi connectivity index (χ0) is 15.3. The summed E-state index contributed by atoms with van der Waals surface area (Å²) in [6.45, 7) is 1.19. The van der Waals surface area contributed by atoms with Crippen LogP contribution in [0.1, 0.15) is 16.8 Å². The number of hydrogen-bond donors (Lipinski definition) is 2. The van der Waals surface area contributed by atoms with Gasteiger partial charge in [-0.3, -0.25) is 9.59 Å². The van der Waals surface area contributed by atoms with E-state index in [4.69, 9.17) is 0 Å². The van der Waals surface area contributed by atoms with Gasteiger partial charge >= 0.3 is 6.18 Å². The highest BCUT2D eigenvalue weighted by Crippen LogP contribution is 2.14. The quantitative estimate of drug-likeness (QED) is 0.856. The number of nitrogens with one attached hydrogen (secondary N) is 2. The number of rotatable bonds is 5. The number of amides is 1. The minimum atomic E-state index is -4.47. The monoisotopic (exact) mass is 292 g/mol. The van der Waals surface area contributed by atoms with Crippen molar-refractivity contribution in [2.45, 2.75) is 26.6 Å². The third kappa shape index (κ3) is 5.43. The van der Waals surface area contributed by atoms with Crippen LogP contribution in [0, 0.1) is 13.8 Å². The molecule has 0 spiro atoms. The average Bonchev–Trinajstić information content (AvgIpc) is 2.25. The second-order valence-electron chi connectivity index (χ2n) is 4.33. The van der Waals surface area contributed by atoms with Crippen LogP contribution in [0.3, 0.4) is 0 Å². The topological polar surface area (TPSA) is 71.2 Å². The lowest BCUT2D eigenvalue weighted by Gasteiger charge is -2.09. The Kier molecular flexibility index (Phi) is 5.32. The Bertz CT molecular complexity index is 538. The second kappa shape index (κ2) is 6.56. The van der Waals surface area contributed by atoms with Crippen molar-refractivity contribution in [2.24, 2.45) is 0 Å².